The molecule has 1 aromatic carbocycles. The van der Waals surface area contributed by atoms with Gasteiger partial charge in [0.25, 0.3) is 0 Å². The first-order valence-corrected chi connectivity index (χ1v) is 9.72. The Kier molecular flexibility index (Phi) is 4.89. The van der Waals surface area contributed by atoms with E-state index in [1.165, 1.54) is 5.56 Å². The summed E-state index contributed by atoms with van der Waals surface area (Å²) in [5.41, 5.74) is 5.18. The van der Waals surface area contributed by atoms with E-state index in [0.29, 0.717) is 11.6 Å². The van der Waals surface area contributed by atoms with Crippen molar-refractivity contribution in [3.05, 3.63) is 59.0 Å². The second-order valence-electron chi connectivity index (χ2n) is 6.16. The average molecular weight is 387 g/mol. The van der Waals surface area contributed by atoms with Crippen LogP contribution < -0.4 is 0 Å². The molecule has 0 spiro atoms. The zero-order valence-electron chi connectivity index (χ0n) is 14.6. The van der Waals surface area contributed by atoms with E-state index in [1.54, 1.807) is 18.9 Å². The molecule has 5 nitrogen and oxygen atoms in total. The highest BCUT2D eigenvalue weighted by Gasteiger charge is 2.13. The van der Waals surface area contributed by atoms with Crippen LogP contribution in [0.1, 0.15) is 11.3 Å². The molecule has 134 valence electrons. The van der Waals surface area contributed by atoms with E-state index in [1.807, 2.05) is 24.3 Å². The van der Waals surface area contributed by atoms with Crippen molar-refractivity contribution in [2.75, 3.05) is 13.7 Å². The van der Waals surface area contributed by atoms with Crippen LogP contribution in [-0.2, 0) is 17.0 Å². The number of fused-ring (bicyclic) bond motifs is 2. The fraction of sp³-hybridized carbons (Fsp3) is 0.263. The van der Waals surface area contributed by atoms with Gasteiger partial charge in [-0.05, 0) is 36.8 Å². The molecule has 0 aliphatic carbocycles. The van der Waals surface area contributed by atoms with Gasteiger partial charge in [-0.25, -0.2) is 9.97 Å². The molecule has 4 rings (SSSR count). The largest absolute Gasteiger partial charge is 0.383 e. The average Bonchev–Trinajstić information content (AvgIpc) is 3.17. The van der Waals surface area contributed by atoms with Gasteiger partial charge in [-0.1, -0.05) is 29.4 Å². The lowest BCUT2D eigenvalue weighted by atomic mass is 10.3. The highest BCUT2D eigenvalue weighted by Crippen LogP contribution is 2.28. The van der Waals surface area contributed by atoms with Crippen LogP contribution in [-0.4, -0.2) is 32.7 Å². The van der Waals surface area contributed by atoms with Crippen molar-refractivity contribution in [2.24, 2.45) is 0 Å². The minimum absolute atomic E-state index is 0.634. The van der Waals surface area contributed by atoms with Gasteiger partial charge in [-0.2, -0.15) is 0 Å². The van der Waals surface area contributed by atoms with Crippen molar-refractivity contribution in [3.8, 4) is 0 Å². The number of hydrogen-bond acceptors (Lipinski definition) is 4. The molecule has 3 heterocycles. The van der Waals surface area contributed by atoms with Crippen molar-refractivity contribution in [2.45, 2.75) is 24.4 Å². The summed E-state index contributed by atoms with van der Waals surface area (Å²) in [7, 11) is 1.71. The zero-order valence-corrected chi connectivity index (χ0v) is 16.2. The first kappa shape index (κ1) is 17.4. The van der Waals surface area contributed by atoms with E-state index in [4.69, 9.17) is 21.3 Å². The molecule has 0 fully saturated rings. The maximum Gasteiger partial charge on any atom is 0.169 e. The predicted molar refractivity (Wildman–Crippen MR) is 106 cm³/mol. The molecule has 7 heteroatoms. The second-order valence-corrected chi connectivity index (χ2v) is 7.54. The summed E-state index contributed by atoms with van der Waals surface area (Å²) in [5, 5.41) is 1.65. The Morgan fingerprint density at radius 2 is 2.04 bits per heavy atom. The molecule has 0 radical (unpaired) electrons. The number of ether oxygens (including phenoxy) is 1. The predicted octanol–water partition coefficient (Wildman–Crippen LogP) is 4.58. The Morgan fingerprint density at radius 3 is 2.88 bits per heavy atom. The standard InChI is InChI=1S/C19H19ClN4OS/c1-13-3-6-18-21-15(11-23(18)10-13)12-26-19-22-16-9-14(20)4-5-17(16)24(19)7-8-25-2/h3-6,9-11H,7-8,12H2,1-2H3. The minimum atomic E-state index is 0.634. The third-order valence-electron chi connectivity index (χ3n) is 4.19. The number of aromatic nitrogens is 4. The molecule has 0 saturated carbocycles. The summed E-state index contributed by atoms with van der Waals surface area (Å²) in [6.07, 6.45) is 4.17. The maximum atomic E-state index is 6.12. The lowest BCUT2D eigenvalue weighted by molar-refractivity contribution is 0.186. The molecule has 4 aromatic rings. The Hall–Kier alpha value is -2.02. The first-order chi connectivity index (χ1) is 12.6. The van der Waals surface area contributed by atoms with E-state index in [9.17, 15) is 0 Å². The van der Waals surface area contributed by atoms with Crippen LogP contribution in [0.15, 0.2) is 47.9 Å². The van der Waals surface area contributed by atoms with Gasteiger partial charge in [-0.3, -0.25) is 0 Å². The van der Waals surface area contributed by atoms with Crippen LogP contribution in [0.4, 0.5) is 0 Å². The third kappa shape index (κ3) is 3.45. The smallest absolute Gasteiger partial charge is 0.169 e. The van der Waals surface area contributed by atoms with Crippen LogP contribution >= 0.6 is 23.4 Å². The molecule has 0 amide bonds. The van der Waals surface area contributed by atoms with Gasteiger partial charge in [0, 0.05) is 36.8 Å². The monoisotopic (exact) mass is 386 g/mol. The van der Waals surface area contributed by atoms with Gasteiger partial charge in [0.05, 0.1) is 23.3 Å². The third-order valence-corrected chi connectivity index (χ3v) is 5.44. The molecular formula is C19H19ClN4OS. The molecule has 0 saturated heterocycles. The number of hydrogen-bond donors (Lipinski definition) is 0. The Morgan fingerprint density at radius 1 is 1.15 bits per heavy atom. The lowest BCUT2D eigenvalue weighted by Crippen LogP contribution is -2.05. The van der Waals surface area contributed by atoms with Crippen LogP contribution in [0.5, 0.6) is 0 Å². The fourth-order valence-electron chi connectivity index (χ4n) is 2.95. The van der Waals surface area contributed by atoms with E-state index in [0.717, 1.165) is 39.8 Å². The van der Waals surface area contributed by atoms with Gasteiger partial charge in [0.2, 0.25) is 0 Å². The number of imidazole rings is 2. The first-order valence-electron chi connectivity index (χ1n) is 8.36. The van der Waals surface area contributed by atoms with E-state index < -0.39 is 0 Å². The molecule has 0 N–H and O–H groups in total. The number of methoxy groups -OCH3 is 1. The topological polar surface area (TPSA) is 44.4 Å². The molecule has 3 aromatic heterocycles. The highest BCUT2D eigenvalue weighted by atomic mass is 35.5. The normalized spacial score (nSPS) is 11.7. The maximum absolute atomic E-state index is 6.12. The van der Waals surface area contributed by atoms with Crippen molar-refractivity contribution in [1.29, 1.82) is 0 Å². The molecule has 0 aliphatic heterocycles. The summed E-state index contributed by atoms with van der Waals surface area (Å²) in [6, 6.07) is 9.93. The number of aryl methyl sites for hydroxylation is 1. The molecule has 26 heavy (non-hydrogen) atoms. The molecule has 0 unspecified atom stereocenters. The number of rotatable bonds is 6. The van der Waals surface area contributed by atoms with Gasteiger partial charge >= 0.3 is 0 Å². The number of halogens is 1. The second kappa shape index (κ2) is 7.31. The summed E-state index contributed by atoms with van der Waals surface area (Å²) in [5.74, 6) is 0.755. The summed E-state index contributed by atoms with van der Waals surface area (Å²) >= 11 is 7.80. The fourth-order valence-corrected chi connectivity index (χ4v) is 4.04. The van der Waals surface area contributed by atoms with Crippen molar-refractivity contribution < 1.29 is 4.74 Å². The quantitative estimate of drug-likeness (QED) is 0.455. The Bertz CT molecular complexity index is 1070. The molecule has 0 atom stereocenters. The van der Waals surface area contributed by atoms with Gasteiger partial charge in [0.1, 0.15) is 5.65 Å². The van der Waals surface area contributed by atoms with Crippen LogP contribution in [0.2, 0.25) is 5.02 Å². The number of pyridine rings is 1. The Balaban J connectivity index is 1.62. The van der Waals surface area contributed by atoms with Gasteiger partial charge in [-0.15, -0.1) is 0 Å². The van der Waals surface area contributed by atoms with Crippen molar-refractivity contribution >= 4 is 40.0 Å². The molecular weight excluding hydrogens is 368 g/mol. The lowest BCUT2D eigenvalue weighted by Gasteiger charge is -2.07. The molecule has 0 aliphatic rings. The number of thioether (sulfide) groups is 1. The number of nitrogens with zero attached hydrogens (tertiary/aromatic N) is 4. The van der Waals surface area contributed by atoms with Crippen LogP contribution in [0.25, 0.3) is 16.7 Å². The van der Waals surface area contributed by atoms with E-state index in [2.05, 4.69) is 39.3 Å². The summed E-state index contributed by atoms with van der Waals surface area (Å²) in [6.45, 7) is 3.47. The van der Waals surface area contributed by atoms with E-state index >= 15 is 0 Å². The van der Waals surface area contributed by atoms with Crippen molar-refractivity contribution in [1.82, 2.24) is 18.9 Å². The van der Waals surface area contributed by atoms with Gasteiger partial charge < -0.3 is 13.7 Å². The SMILES string of the molecule is COCCn1c(SCc2cn3cc(C)ccc3n2)nc2cc(Cl)ccc21. The number of benzene rings is 1. The van der Waals surface area contributed by atoms with Crippen molar-refractivity contribution in [3.63, 3.8) is 0 Å². The molecule has 0 bridgehead atoms. The van der Waals surface area contributed by atoms with Crippen LogP contribution in [0.3, 0.4) is 0 Å². The summed E-state index contributed by atoms with van der Waals surface area (Å²) in [4.78, 5) is 9.45. The zero-order chi connectivity index (χ0) is 18.1. The van der Waals surface area contributed by atoms with Crippen LogP contribution in [0, 0.1) is 6.92 Å². The Labute approximate surface area is 161 Å². The van der Waals surface area contributed by atoms with E-state index in [-0.39, 0.29) is 0 Å². The minimum Gasteiger partial charge on any atom is -0.383 e. The summed E-state index contributed by atoms with van der Waals surface area (Å²) < 4.78 is 9.51. The van der Waals surface area contributed by atoms with Gasteiger partial charge in [0.15, 0.2) is 5.16 Å². The highest BCUT2D eigenvalue weighted by molar-refractivity contribution is 7.98.